The number of ether oxygens (including phenoxy) is 2. The molecule has 30 heavy (non-hydrogen) atoms. The third-order valence-electron chi connectivity index (χ3n) is 7.14. The summed E-state index contributed by atoms with van der Waals surface area (Å²) >= 11 is 0. The fraction of sp³-hybridized carbons (Fsp3) is 0.577. The Morgan fingerprint density at radius 3 is 2.67 bits per heavy atom. The van der Waals surface area contributed by atoms with Crippen molar-refractivity contribution in [2.24, 2.45) is 11.3 Å². The lowest BCUT2D eigenvalue weighted by molar-refractivity contribution is -0.161. The maximum absolute atomic E-state index is 12.1. The van der Waals surface area contributed by atoms with E-state index in [4.69, 9.17) is 9.47 Å². The molecule has 4 heteroatoms. The Hall–Kier alpha value is -2.07. The van der Waals surface area contributed by atoms with Crippen molar-refractivity contribution in [3.63, 3.8) is 0 Å². The van der Waals surface area contributed by atoms with Crippen molar-refractivity contribution < 1.29 is 14.3 Å². The van der Waals surface area contributed by atoms with Crippen LogP contribution in [0.2, 0.25) is 0 Å². The quantitative estimate of drug-likeness (QED) is 0.603. The minimum Gasteiger partial charge on any atom is -0.490 e. The van der Waals surface area contributed by atoms with Gasteiger partial charge in [0.15, 0.2) is 0 Å². The largest absolute Gasteiger partial charge is 0.490 e. The highest BCUT2D eigenvalue weighted by atomic mass is 16.5. The van der Waals surface area contributed by atoms with Crippen LogP contribution in [0.1, 0.15) is 64.9 Å². The van der Waals surface area contributed by atoms with E-state index in [1.54, 1.807) is 0 Å². The topological polar surface area (TPSA) is 47.6 Å². The molecule has 2 aliphatic rings. The van der Waals surface area contributed by atoms with E-state index in [9.17, 15) is 4.79 Å². The summed E-state index contributed by atoms with van der Waals surface area (Å²) < 4.78 is 11.6. The molecule has 2 aromatic rings. The maximum atomic E-state index is 12.1. The van der Waals surface area contributed by atoms with Gasteiger partial charge in [-0.15, -0.1) is 0 Å². The predicted octanol–water partition coefficient (Wildman–Crippen LogP) is 5.62. The predicted molar refractivity (Wildman–Crippen MR) is 121 cm³/mol. The lowest BCUT2D eigenvalue weighted by atomic mass is 9.58. The van der Waals surface area contributed by atoms with Crippen molar-refractivity contribution in [2.75, 3.05) is 6.61 Å². The monoisotopic (exact) mass is 409 g/mol. The summed E-state index contributed by atoms with van der Waals surface area (Å²) in [5.74, 6) is 0.944. The molecule has 0 radical (unpaired) electrons. The summed E-state index contributed by atoms with van der Waals surface area (Å²) in [5.41, 5.74) is 1.18. The van der Waals surface area contributed by atoms with Crippen LogP contribution in [-0.4, -0.2) is 24.7 Å². The summed E-state index contributed by atoms with van der Waals surface area (Å²) in [6.07, 6.45) is 7.44. The van der Waals surface area contributed by atoms with Crippen LogP contribution in [0.4, 0.5) is 0 Å². The molecule has 4 rings (SSSR count). The molecule has 4 nitrogen and oxygen atoms in total. The highest BCUT2D eigenvalue weighted by Crippen LogP contribution is 2.47. The standard InChI is InChI=1S/C26H35NO3/c1-4-29-25(28)22-16-24(26(22,2)3)27-17-18-13-14-21-19(15-18)9-8-12-23(21)30-20-10-6-5-7-11-20/h8-9,12-15,20,22,24,27H,4-7,10-11,16-17H2,1-3H3. The van der Waals surface area contributed by atoms with Crippen LogP contribution in [0.5, 0.6) is 5.75 Å². The van der Waals surface area contributed by atoms with Crippen LogP contribution in [0.3, 0.4) is 0 Å². The van der Waals surface area contributed by atoms with Gasteiger partial charge in [0.2, 0.25) is 0 Å². The first-order valence-corrected chi connectivity index (χ1v) is 11.6. The fourth-order valence-corrected chi connectivity index (χ4v) is 5.03. The van der Waals surface area contributed by atoms with Gasteiger partial charge in [-0.1, -0.05) is 44.5 Å². The van der Waals surface area contributed by atoms with Gasteiger partial charge in [0, 0.05) is 18.0 Å². The molecule has 2 aliphatic carbocycles. The molecule has 0 aromatic heterocycles. The minimum atomic E-state index is -0.0793. The second kappa shape index (κ2) is 8.97. The third kappa shape index (κ3) is 4.34. The van der Waals surface area contributed by atoms with Crippen LogP contribution in [0, 0.1) is 11.3 Å². The molecule has 0 spiro atoms. The fourth-order valence-electron chi connectivity index (χ4n) is 5.03. The van der Waals surface area contributed by atoms with E-state index in [0.29, 0.717) is 18.8 Å². The molecule has 0 saturated heterocycles. The van der Waals surface area contributed by atoms with Gasteiger partial charge in [-0.2, -0.15) is 0 Å². The number of benzene rings is 2. The van der Waals surface area contributed by atoms with Crippen LogP contribution < -0.4 is 10.1 Å². The molecular formula is C26H35NO3. The Bertz CT molecular complexity index is 885. The summed E-state index contributed by atoms with van der Waals surface area (Å²) in [5, 5.41) is 6.07. The molecule has 1 N–H and O–H groups in total. The number of hydrogen-bond acceptors (Lipinski definition) is 4. The van der Waals surface area contributed by atoms with Gasteiger partial charge in [0.1, 0.15) is 5.75 Å². The maximum Gasteiger partial charge on any atom is 0.309 e. The van der Waals surface area contributed by atoms with Gasteiger partial charge in [0.25, 0.3) is 0 Å². The number of hydrogen-bond donors (Lipinski definition) is 1. The summed E-state index contributed by atoms with van der Waals surface area (Å²) in [6, 6.07) is 13.3. The van der Waals surface area contributed by atoms with Gasteiger partial charge in [-0.05, 0) is 67.5 Å². The van der Waals surface area contributed by atoms with Crippen molar-refractivity contribution in [2.45, 2.75) is 78.0 Å². The van der Waals surface area contributed by atoms with Gasteiger partial charge in [0.05, 0.1) is 18.6 Å². The molecule has 162 valence electrons. The van der Waals surface area contributed by atoms with E-state index < -0.39 is 0 Å². The average molecular weight is 410 g/mol. The first kappa shape index (κ1) is 21.2. The highest BCUT2D eigenvalue weighted by Gasteiger charge is 2.52. The molecule has 0 amide bonds. The molecule has 2 saturated carbocycles. The van der Waals surface area contributed by atoms with Crippen molar-refractivity contribution in [1.82, 2.24) is 5.32 Å². The Kier molecular flexibility index (Phi) is 6.33. The first-order chi connectivity index (χ1) is 14.5. The number of carbonyl (C=O) groups excluding carboxylic acids is 1. The van der Waals surface area contributed by atoms with E-state index in [1.165, 1.54) is 48.4 Å². The van der Waals surface area contributed by atoms with Crippen LogP contribution in [-0.2, 0) is 16.1 Å². The summed E-state index contributed by atoms with van der Waals surface area (Å²) in [4.78, 5) is 12.1. The SMILES string of the molecule is CCOC(=O)C1CC(NCc2ccc3c(OC4CCCCC4)cccc3c2)C1(C)C. The molecular weight excluding hydrogens is 374 g/mol. The van der Waals surface area contributed by atoms with Gasteiger partial charge in [-0.25, -0.2) is 0 Å². The second-order valence-corrected chi connectivity index (χ2v) is 9.48. The van der Waals surface area contributed by atoms with Gasteiger partial charge >= 0.3 is 5.97 Å². The number of fused-ring (bicyclic) bond motifs is 1. The second-order valence-electron chi connectivity index (χ2n) is 9.48. The van der Waals surface area contributed by atoms with E-state index >= 15 is 0 Å². The number of carbonyl (C=O) groups is 1. The molecule has 0 aliphatic heterocycles. The minimum absolute atomic E-state index is 0.00829. The van der Waals surface area contributed by atoms with Crippen molar-refractivity contribution in [3.05, 3.63) is 42.0 Å². The lowest BCUT2D eigenvalue weighted by Crippen LogP contribution is -2.59. The van der Waals surface area contributed by atoms with E-state index in [1.807, 2.05) is 6.92 Å². The Labute approximate surface area is 180 Å². The number of esters is 1. The molecule has 0 heterocycles. The lowest BCUT2D eigenvalue weighted by Gasteiger charge is -2.51. The van der Waals surface area contributed by atoms with Crippen LogP contribution in [0.15, 0.2) is 36.4 Å². The summed E-state index contributed by atoms with van der Waals surface area (Å²) in [6.45, 7) is 7.43. The van der Waals surface area contributed by atoms with Crippen LogP contribution in [0.25, 0.3) is 10.8 Å². The Morgan fingerprint density at radius 1 is 1.13 bits per heavy atom. The average Bonchev–Trinajstić information content (AvgIpc) is 2.74. The van der Waals surface area contributed by atoms with E-state index in [2.05, 4.69) is 55.6 Å². The Morgan fingerprint density at radius 2 is 1.93 bits per heavy atom. The molecule has 2 aromatic carbocycles. The zero-order valence-electron chi connectivity index (χ0n) is 18.6. The van der Waals surface area contributed by atoms with Gasteiger partial charge < -0.3 is 14.8 Å². The van der Waals surface area contributed by atoms with E-state index in [0.717, 1.165) is 18.7 Å². The van der Waals surface area contributed by atoms with Crippen molar-refractivity contribution in [3.8, 4) is 5.75 Å². The van der Waals surface area contributed by atoms with Crippen LogP contribution >= 0.6 is 0 Å². The smallest absolute Gasteiger partial charge is 0.309 e. The zero-order valence-corrected chi connectivity index (χ0v) is 18.6. The molecule has 2 unspecified atom stereocenters. The van der Waals surface area contributed by atoms with E-state index in [-0.39, 0.29) is 17.3 Å². The highest BCUT2D eigenvalue weighted by molar-refractivity contribution is 5.88. The zero-order chi connectivity index (χ0) is 21.1. The number of rotatable bonds is 7. The normalized spacial score (nSPS) is 23.7. The molecule has 2 fully saturated rings. The first-order valence-electron chi connectivity index (χ1n) is 11.6. The summed E-state index contributed by atoms with van der Waals surface area (Å²) in [7, 11) is 0. The van der Waals surface area contributed by atoms with Crippen molar-refractivity contribution in [1.29, 1.82) is 0 Å². The van der Waals surface area contributed by atoms with Gasteiger partial charge in [-0.3, -0.25) is 4.79 Å². The number of nitrogens with one attached hydrogen (secondary N) is 1. The molecule has 0 bridgehead atoms. The Balaban J connectivity index is 1.39. The third-order valence-corrected chi connectivity index (χ3v) is 7.14. The van der Waals surface area contributed by atoms with Crippen molar-refractivity contribution >= 4 is 16.7 Å². The molecule has 2 atom stereocenters.